The van der Waals surface area contributed by atoms with Crippen LogP contribution in [0.3, 0.4) is 0 Å². The second-order valence-electron chi connectivity index (χ2n) is 8.85. The Hall–Kier alpha value is -3.68. The maximum Gasteiger partial charge on any atom is 0.269 e. The molecule has 2 aliphatic rings. The zero-order chi connectivity index (χ0) is 22.3. The van der Waals surface area contributed by atoms with Crippen molar-refractivity contribution < 1.29 is 14.3 Å². The lowest BCUT2D eigenvalue weighted by atomic mass is 9.53. The van der Waals surface area contributed by atoms with E-state index in [1.165, 1.54) is 0 Å². The third-order valence-corrected chi connectivity index (χ3v) is 6.51. The summed E-state index contributed by atoms with van der Waals surface area (Å²) in [5, 5.41) is 7.61. The number of amides is 2. The summed E-state index contributed by atoms with van der Waals surface area (Å²) < 4.78 is 7.54. The van der Waals surface area contributed by atoms with Gasteiger partial charge in [0.15, 0.2) is 0 Å². The number of nitrogens with two attached hydrogens (primary N) is 1. The molecule has 1 aromatic carbocycles. The molecule has 1 spiro atoms. The number of aryl methyl sites for hydroxylation is 1. The van der Waals surface area contributed by atoms with Crippen LogP contribution in [0.1, 0.15) is 46.5 Å². The highest BCUT2D eigenvalue weighted by molar-refractivity contribution is 5.95. The molecule has 2 saturated carbocycles. The van der Waals surface area contributed by atoms with Crippen molar-refractivity contribution in [2.45, 2.75) is 37.8 Å². The standard InChI is InChI=1S/C24H25N5O3/c1-29-20(10-19(28-29)15-6-3-2-4-7-15)22(31)27-16-11-24(12-16)13-17(14-24)32-23-18(21(25)30)8-5-9-26-23/h2-10,16-17H,11-14H2,1H3,(H2,25,30)(H,27,31). The quantitative estimate of drug-likeness (QED) is 0.623. The summed E-state index contributed by atoms with van der Waals surface area (Å²) in [6.45, 7) is 0. The molecule has 8 nitrogen and oxygen atoms in total. The Kier molecular flexibility index (Phi) is 4.92. The van der Waals surface area contributed by atoms with Crippen molar-refractivity contribution in [3.63, 3.8) is 0 Å². The maximum atomic E-state index is 12.8. The van der Waals surface area contributed by atoms with Crippen LogP contribution >= 0.6 is 0 Å². The van der Waals surface area contributed by atoms with E-state index in [1.807, 2.05) is 36.4 Å². The molecule has 0 atom stereocenters. The van der Waals surface area contributed by atoms with Gasteiger partial charge in [0.1, 0.15) is 17.4 Å². The molecule has 8 heteroatoms. The number of ether oxygens (including phenoxy) is 1. The Labute approximate surface area is 185 Å². The third-order valence-electron chi connectivity index (χ3n) is 6.51. The van der Waals surface area contributed by atoms with E-state index >= 15 is 0 Å². The number of rotatable bonds is 6. The minimum atomic E-state index is -0.542. The van der Waals surface area contributed by atoms with E-state index in [-0.39, 0.29) is 23.5 Å². The molecule has 3 aromatic rings. The Bertz CT molecular complexity index is 1160. The van der Waals surface area contributed by atoms with Gasteiger partial charge in [-0.2, -0.15) is 5.10 Å². The SMILES string of the molecule is Cn1nc(-c2ccccc2)cc1C(=O)NC1CC2(C1)CC(Oc1ncccc1C(N)=O)C2. The van der Waals surface area contributed by atoms with Crippen LogP contribution in [0.4, 0.5) is 0 Å². The van der Waals surface area contributed by atoms with E-state index in [0.717, 1.165) is 36.9 Å². The van der Waals surface area contributed by atoms with E-state index in [9.17, 15) is 9.59 Å². The van der Waals surface area contributed by atoms with Gasteiger partial charge in [-0.15, -0.1) is 0 Å². The van der Waals surface area contributed by atoms with Gasteiger partial charge in [0.2, 0.25) is 5.88 Å². The molecule has 2 heterocycles. The Morgan fingerprint density at radius 2 is 1.88 bits per heavy atom. The van der Waals surface area contributed by atoms with E-state index in [0.29, 0.717) is 17.1 Å². The molecule has 0 saturated heterocycles. The fourth-order valence-electron chi connectivity index (χ4n) is 4.93. The molecule has 3 N–H and O–H groups in total. The van der Waals surface area contributed by atoms with Crippen molar-refractivity contribution in [2.75, 3.05) is 0 Å². The number of benzene rings is 1. The number of hydrogen-bond donors (Lipinski definition) is 2. The van der Waals surface area contributed by atoms with Crippen molar-refractivity contribution in [3.8, 4) is 17.1 Å². The smallest absolute Gasteiger partial charge is 0.269 e. The lowest BCUT2D eigenvalue weighted by Crippen LogP contribution is -2.58. The molecule has 2 fully saturated rings. The molecule has 2 aliphatic carbocycles. The lowest BCUT2D eigenvalue weighted by Gasteiger charge is -2.57. The van der Waals surface area contributed by atoms with Gasteiger partial charge in [0, 0.05) is 24.8 Å². The van der Waals surface area contributed by atoms with Gasteiger partial charge in [0.05, 0.1) is 5.69 Å². The van der Waals surface area contributed by atoms with E-state index in [4.69, 9.17) is 10.5 Å². The van der Waals surface area contributed by atoms with Gasteiger partial charge < -0.3 is 15.8 Å². The second-order valence-corrected chi connectivity index (χ2v) is 8.85. The van der Waals surface area contributed by atoms with Crippen molar-refractivity contribution >= 4 is 11.8 Å². The van der Waals surface area contributed by atoms with Crippen molar-refractivity contribution in [1.82, 2.24) is 20.1 Å². The zero-order valence-corrected chi connectivity index (χ0v) is 17.8. The van der Waals surface area contributed by atoms with E-state index < -0.39 is 5.91 Å². The maximum absolute atomic E-state index is 12.8. The third kappa shape index (κ3) is 3.72. The highest BCUT2D eigenvalue weighted by atomic mass is 16.5. The monoisotopic (exact) mass is 431 g/mol. The summed E-state index contributed by atoms with van der Waals surface area (Å²) in [6, 6.07) is 15.1. The molecule has 0 bridgehead atoms. The summed E-state index contributed by atoms with van der Waals surface area (Å²) in [7, 11) is 1.79. The van der Waals surface area contributed by atoms with E-state index in [2.05, 4.69) is 15.4 Å². The van der Waals surface area contributed by atoms with Crippen LogP contribution in [0.5, 0.6) is 5.88 Å². The largest absolute Gasteiger partial charge is 0.474 e. The van der Waals surface area contributed by atoms with Crippen LogP contribution < -0.4 is 15.8 Å². The van der Waals surface area contributed by atoms with Crippen molar-refractivity contribution in [1.29, 1.82) is 0 Å². The number of aromatic nitrogens is 3. The highest BCUT2D eigenvalue weighted by Crippen LogP contribution is 2.56. The van der Waals surface area contributed by atoms with Gasteiger partial charge in [0.25, 0.3) is 11.8 Å². The number of pyridine rings is 1. The average molecular weight is 431 g/mol. The van der Waals surface area contributed by atoms with Crippen LogP contribution in [0, 0.1) is 5.41 Å². The van der Waals surface area contributed by atoms with Crippen LogP contribution in [0.2, 0.25) is 0 Å². The van der Waals surface area contributed by atoms with Crippen LogP contribution in [-0.4, -0.2) is 38.7 Å². The molecule has 164 valence electrons. The normalized spacial score (nSPS) is 23.8. The molecule has 0 aliphatic heterocycles. The van der Waals surface area contributed by atoms with Crippen LogP contribution in [0.25, 0.3) is 11.3 Å². The predicted molar refractivity (Wildman–Crippen MR) is 118 cm³/mol. The van der Waals surface area contributed by atoms with Crippen LogP contribution in [-0.2, 0) is 7.05 Å². The Morgan fingerprint density at radius 1 is 1.12 bits per heavy atom. The summed E-state index contributed by atoms with van der Waals surface area (Å²) >= 11 is 0. The number of nitrogens with one attached hydrogen (secondary N) is 1. The zero-order valence-electron chi connectivity index (χ0n) is 17.8. The summed E-state index contributed by atoms with van der Waals surface area (Å²) in [5.41, 5.74) is 8.22. The molecule has 32 heavy (non-hydrogen) atoms. The van der Waals surface area contributed by atoms with Gasteiger partial charge in [-0.25, -0.2) is 4.98 Å². The van der Waals surface area contributed by atoms with Crippen molar-refractivity contribution in [3.05, 3.63) is 66.0 Å². The molecule has 2 amide bonds. The molecular weight excluding hydrogens is 406 g/mol. The predicted octanol–water partition coefficient (Wildman–Crippen LogP) is 2.70. The first-order valence-corrected chi connectivity index (χ1v) is 10.7. The molecule has 0 unspecified atom stereocenters. The minimum Gasteiger partial charge on any atom is -0.474 e. The number of nitrogens with zero attached hydrogens (tertiary/aromatic N) is 3. The molecule has 5 rings (SSSR count). The minimum absolute atomic E-state index is 0.0187. The number of primary amides is 1. The molecule has 0 radical (unpaired) electrons. The van der Waals surface area contributed by atoms with Gasteiger partial charge in [-0.3, -0.25) is 14.3 Å². The number of carbonyl (C=O) groups is 2. The Balaban J connectivity index is 1.14. The summed E-state index contributed by atoms with van der Waals surface area (Å²) in [4.78, 5) is 28.5. The summed E-state index contributed by atoms with van der Waals surface area (Å²) in [6.07, 6.45) is 5.23. The van der Waals surface area contributed by atoms with Crippen LogP contribution in [0.15, 0.2) is 54.7 Å². The van der Waals surface area contributed by atoms with Crippen molar-refractivity contribution in [2.24, 2.45) is 18.2 Å². The fourth-order valence-corrected chi connectivity index (χ4v) is 4.93. The van der Waals surface area contributed by atoms with Gasteiger partial charge >= 0.3 is 0 Å². The topological polar surface area (TPSA) is 112 Å². The fraction of sp³-hybridized carbons (Fsp3) is 0.333. The van der Waals surface area contributed by atoms with E-state index in [1.54, 1.807) is 30.1 Å². The molecular formula is C24H25N5O3. The summed E-state index contributed by atoms with van der Waals surface area (Å²) in [5.74, 6) is -0.345. The first kappa shape index (κ1) is 20.2. The number of carbonyl (C=O) groups excluding carboxylic acids is 2. The van der Waals surface area contributed by atoms with Gasteiger partial charge in [-0.05, 0) is 49.3 Å². The number of hydrogen-bond acceptors (Lipinski definition) is 5. The first-order chi connectivity index (χ1) is 15.4. The molecule has 2 aromatic heterocycles. The Morgan fingerprint density at radius 3 is 2.59 bits per heavy atom. The first-order valence-electron chi connectivity index (χ1n) is 10.7. The lowest BCUT2D eigenvalue weighted by molar-refractivity contribution is -0.0848. The highest BCUT2D eigenvalue weighted by Gasteiger charge is 2.54. The second kappa shape index (κ2) is 7.78. The van der Waals surface area contributed by atoms with Gasteiger partial charge in [-0.1, -0.05) is 30.3 Å². The average Bonchev–Trinajstić information content (AvgIpc) is 3.13.